The van der Waals surface area contributed by atoms with Gasteiger partial charge in [-0.2, -0.15) is 4.39 Å². The molecule has 72 valence electrons. The normalized spacial score (nSPS) is 12.5. The van der Waals surface area contributed by atoms with Crippen LogP contribution >= 0.6 is 0 Å². The van der Waals surface area contributed by atoms with Crippen molar-refractivity contribution in [2.24, 2.45) is 0 Å². The van der Waals surface area contributed by atoms with Crippen molar-refractivity contribution in [3.05, 3.63) is 24.3 Å². The quantitative estimate of drug-likeness (QED) is 0.669. The zero-order chi connectivity index (χ0) is 9.68. The zero-order valence-corrected chi connectivity index (χ0v) is 7.96. The van der Waals surface area contributed by atoms with Crippen LogP contribution in [0.1, 0.15) is 26.7 Å². The first-order chi connectivity index (χ1) is 6.22. The van der Waals surface area contributed by atoms with E-state index >= 15 is 0 Å². The fourth-order valence-electron chi connectivity index (χ4n) is 1.16. The van der Waals surface area contributed by atoms with E-state index in [1.165, 1.54) is 12.3 Å². The van der Waals surface area contributed by atoms with Gasteiger partial charge in [-0.3, -0.25) is 0 Å². The van der Waals surface area contributed by atoms with E-state index in [-0.39, 0.29) is 6.10 Å². The lowest BCUT2D eigenvalue weighted by Crippen LogP contribution is -2.11. The molecule has 0 saturated carbocycles. The van der Waals surface area contributed by atoms with Gasteiger partial charge in [0, 0.05) is 12.3 Å². The average Bonchev–Trinajstić information content (AvgIpc) is 2.04. The highest BCUT2D eigenvalue weighted by Crippen LogP contribution is 2.13. The van der Waals surface area contributed by atoms with Crippen LogP contribution in [0.3, 0.4) is 0 Å². The fraction of sp³-hybridized carbons (Fsp3) is 0.500. The van der Waals surface area contributed by atoms with Gasteiger partial charge in [0.2, 0.25) is 5.95 Å². The number of ether oxygens (including phenoxy) is 1. The second-order valence-electron chi connectivity index (χ2n) is 3.03. The Balaban J connectivity index is 2.53. The Morgan fingerprint density at radius 2 is 2.38 bits per heavy atom. The molecule has 1 unspecified atom stereocenters. The molecule has 13 heavy (non-hydrogen) atoms. The number of hydrogen-bond acceptors (Lipinski definition) is 2. The molecule has 0 aromatic carbocycles. The standard InChI is InChI=1S/C10H14FNO/c1-3-4-8(2)13-9-5-6-12-10(11)7-9/h5-8H,3-4H2,1-2H3. The van der Waals surface area contributed by atoms with Gasteiger partial charge in [-0.1, -0.05) is 13.3 Å². The van der Waals surface area contributed by atoms with Crippen LogP contribution in [0.5, 0.6) is 5.75 Å². The fourth-order valence-corrected chi connectivity index (χ4v) is 1.16. The highest BCUT2D eigenvalue weighted by molar-refractivity contribution is 5.18. The molecule has 0 bridgehead atoms. The molecule has 0 amide bonds. The Bertz CT molecular complexity index is 265. The van der Waals surface area contributed by atoms with Crippen molar-refractivity contribution >= 4 is 0 Å². The molecule has 0 aliphatic carbocycles. The Labute approximate surface area is 77.8 Å². The van der Waals surface area contributed by atoms with Crippen LogP contribution in [0.2, 0.25) is 0 Å². The molecule has 0 radical (unpaired) electrons. The molecule has 1 rings (SSSR count). The predicted octanol–water partition coefficient (Wildman–Crippen LogP) is 2.79. The Morgan fingerprint density at radius 1 is 1.62 bits per heavy atom. The van der Waals surface area contributed by atoms with Crippen molar-refractivity contribution in [1.29, 1.82) is 0 Å². The van der Waals surface area contributed by atoms with Gasteiger partial charge in [0.1, 0.15) is 5.75 Å². The van der Waals surface area contributed by atoms with Gasteiger partial charge >= 0.3 is 0 Å². The smallest absolute Gasteiger partial charge is 0.216 e. The summed E-state index contributed by atoms with van der Waals surface area (Å²) < 4.78 is 18.1. The maximum Gasteiger partial charge on any atom is 0.216 e. The molecule has 2 nitrogen and oxygen atoms in total. The zero-order valence-electron chi connectivity index (χ0n) is 7.96. The van der Waals surface area contributed by atoms with Crippen molar-refractivity contribution < 1.29 is 9.13 Å². The van der Waals surface area contributed by atoms with Crippen molar-refractivity contribution in [2.75, 3.05) is 0 Å². The first-order valence-corrected chi connectivity index (χ1v) is 4.50. The summed E-state index contributed by atoms with van der Waals surface area (Å²) in [4.78, 5) is 3.45. The lowest BCUT2D eigenvalue weighted by molar-refractivity contribution is 0.208. The van der Waals surface area contributed by atoms with Crippen LogP contribution in [0, 0.1) is 5.95 Å². The second-order valence-corrected chi connectivity index (χ2v) is 3.03. The largest absolute Gasteiger partial charge is 0.491 e. The van der Waals surface area contributed by atoms with Crippen LogP contribution in [0.15, 0.2) is 18.3 Å². The van der Waals surface area contributed by atoms with Gasteiger partial charge in [0.15, 0.2) is 0 Å². The highest BCUT2D eigenvalue weighted by atomic mass is 19.1. The number of hydrogen-bond donors (Lipinski definition) is 0. The summed E-state index contributed by atoms with van der Waals surface area (Å²) in [7, 11) is 0. The molecule has 0 aliphatic rings. The first kappa shape index (κ1) is 9.96. The summed E-state index contributed by atoms with van der Waals surface area (Å²) in [6, 6.07) is 2.96. The number of nitrogens with zero attached hydrogens (tertiary/aromatic N) is 1. The van der Waals surface area contributed by atoms with Crippen LogP contribution in [-0.4, -0.2) is 11.1 Å². The molecule has 0 saturated heterocycles. The summed E-state index contributed by atoms with van der Waals surface area (Å²) in [5.74, 6) is 0.0506. The van der Waals surface area contributed by atoms with Crippen LogP contribution < -0.4 is 4.74 Å². The lowest BCUT2D eigenvalue weighted by atomic mass is 10.2. The van der Waals surface area contributed by atoms with E-state index in [0.717, 1.165) is 12.8 Å². The summed E-state index contributed by atoms with van der Waals surface area (Å²) in [5.41, 5.74) is 0. The maximum absolute atomic E-state index is 12.6. The Kier molecular flexibility index (Phi) is 3.68. The molecule has 3 heteroatoms. The minimum Gasteiger partial charge on any atom is -0.491 e. The molecule has 0 N–H and O–H groups in total. The van der Waals surface area contributed by atoms with Gasteiger partial charge in [0.05, 0.1) is 6.10 Å². The maximum atomic E-state index is 12.6. The second kappa shape index (κ2) is 4.80. The van der Waals surface area contributed by atoms with Crippen molar-refractivity contribution in [3.8, 4) is 5.75 Å². The van der Waals surface area contributed by atoms with Gasteiger partial charge in [-0.05, 0) is 19.4 Å². The van der Waals surface area contributed by atoms with Gasteiger partial charge < -0.3 is 4.74 Å². The van der Waals surface area contributed by atoms with Crippen molar-refractivity contribution in [2.45, 2.75) is 32.8 Å². The molecule has 1 heterocycles. The van der Waals surface area contributed by atoms with Crippen LogP contribution in [0.4, 0.5) is 4.39 Å². The van der Waals surface area contributed by atoms with Gasteiger partial charge in [0.25, 0.3) is 0 Å². The van der Waals surface area contributed by atoms with E-state index in [0.29, 0.717) is 5.75 Å². The van der Waals surface area contributed by atoms with E-state index < -0.39 is 5.95 Å². The number of rotatable bonds is 4. The Hall–Kier alpha value is -1.12. The Morgan fingerprint density at radius 3 is 3.00 bits per heavy atom. The van der Waals surface area contributed by atoms with Crippen molar-refractivity contribution in [1.82, 2.24) is 4.98 Å². The highest BCUT2D eigenvalue weighted by Gasteiger charge is 2.03. The summed E-state index contributed by atoms with van der Waals surface area (Å²) in [6.45, 7) is 4.06. The summed E-state index contributed by atoms with van der Waals surface area (Å²) in [5, 5.41) is 0. The predicted molar refractivity (Wildman–Crippen MR) is 49.2 cm³/mol. The first-order valence-electron chi connectivity index (χ1n) is 4.50. The third-order valence-corrected chi connectivity index (χ3v) is 1.73. The number of halogens is 1. The van der Waals surface area contributed by atoms with Crippen LogP contribution in [0.25, 0.3) is 0 Å². The van der Waals surface area contributed by atoms with E-state index in [1.54, 1.807) is 6.07 Å². The molecule has 0 aliphatic heterocycles. The lowest BCUT2D eigenvalue weighted by Gasteiger charge is -2.12. The minimum absolute atomic E-state index is 0.131. The minimum atomic E-state index is -0.499. The summed E-state index contributed by atoms with van der Waals surface area (Å²) in [6.07, 6.45) is 3.58. The van der Waals surface area contributed by atoms with Gasteiger partial charge in [-0.25, -0.2) is 4.98 Å². The van der Waals surface area contributed by atoms with Gasteiger partial charge in [-0.15, -0.1) is 0 Å². The van der Waals surface area contributed by atoms with E-state index in [1.807, 2.05) is 6.92 Å². The number of pyridine rings is 1. The van der Waals surface area contributed by atoms with E-state index in [9.17, 15) is 4.39 Å². The number of aromatic nitrogens is 1. The molecular weight excluding hydrogens is 169 g/mol. The molecule has 1 aromatic rings. The summed E-state index contributed by atoms with van der Waals surface area (Å²) >= 11 is 0. The molecule has 0 fully saturated rings. The monoisotopic (exact) mass is 183 g/mol. The molecule has 1 aromatic heterocycles. The SMILES string of the molecule is CCCC(C)Oc1ccnc(F)c1. The average molecular weight is 183 g/mol. The van der Waals surface area contributed by atoms with E-state index in [4.69, 9.17) is 4.74 Å². The third-order valence-electron chi connectivity index (χ3n) is 1.73. The molecule has 0 spiro atoms. The molecular formula is C10H14FNO. The topological polar surface area (TPSA) is 22.1 Å². The third kappa shape index (κ3) is 3.40. The molecule has 1 atom stereocenters. The van der Waals surface area contributed by atoms with Crippen molar-refractivity contribution in [3.63, 3.8) is 0 Å². The van der Waals surface area contributed by atoms with Crippen LogP contribution in [-0.2, 0) is 0 Å². The van der Waals surface area contributed by atoms with E-state index in [2.05, 4.69) is 11.9 Å².